The molecule has 2 heterocycles. The lowest BCUT2D eigenvalue weighted by Crippen LogP contribution is -2.09. The van der Waals surface area contributed by atoms with E-state index in [1.54, 1.807) is 24.9 Å². The lowest BCUT2D eigenvalue weighted by Gasteiger charge is -2.14. The van der Waals surface area contributed by atoms with Crippen molar-refractivity contribution in [2.75, 3.05) is 12.4 Å². The Labute approximate surface area is 124 Å². The van der Waals surface area contributed by atoms with Gasteiger partial charge in [-0.05, 0) is 6.07 Å². The summed E-state index contributed by atoms with van der Waals surface area (Å²) >= 11 is 1.68. The minimum Gasteiger partial charge on any atom is -0.373 e. The number of aromatic nitrogens is 2. The van der Waals surface area contributed by atoms with Crippen molar-refractivity contribution in [2.45, 2.75) is 17.7 Å². The monoisotopic (exact) mass is 311 g/mol. The first kappa shape index (κ1) is 14.2. The quantitative estimate of drug-likeness (QED) is 0.911. The number of nitrogens with one attached hydrogen (secondary N) is 1. The molecule has 1 aliphatic rings. The fourth-order valence-corrected chi connectivity index (χ4v) is 3.35. The van der Waals surface area contributed by atoms with Crippen LogP contribution in [0.25, 0.3) is 11.4 Å². The van der Waals surface area contributed by atoms with Gasteiger partial charge in [0, 0.05) is 29.7 Å². The van der Waals surface area contributed by atoms with Crippen LogP contribution < -0.4 is 5.32 Å². The summed E-state index contributed by atoms with van der Waals surface area (Å²) in [7, 11) is 1.71. The van der Waals surface area contributed by atoms with Gasteiger partial charge in [-0.15, -0.1) is 0 Å². The van der Waals surface area contributed by atoms with E-state index < -0.39 is 11.7 Å². The number of benzene rings is 1. The van der Waals surface area contributed by atoms with Crippen molar-refractivity contribution in [1.29, 1.82) is 0 Å². The molecule has 7 heteroatoms. The van der Waals surface area contributed by atoms with E-state index in [4.69, 9.17) is 0 Å². The molecule has 110 valence electrons. The zero-order valence-electron chi connectivity index (χ0n) is 11.2. The lowest BCUT2D eigenvalue weighted by molar-refractivity contribution is -0.137. The number of halogens is 3. The normalized spacial score (nSPS) is 14.1. The molecule has 1 aromatic heterocycles. The van der Waals surface area contributed by atoms with Gasteiger partial charge in [-0.1, -0.05) is 18.2 Å². The van der Waals surface area contributed by atoms with E-state index in [1.165, 1.54) is 12.1 Å². The Hall–Kier alpha value is -1.76. The predicted octanol–water partition coefficient (Wildman–Crippen LogP) is 3.95. The Morgan fingerprint density at radius 3 is 2.62 bits per heavy atom. The van der Waals surface area contributed by atoms with Crippen LogP contribution in [0.1, 0.15) is 16.8 Å². The fraction of sp³-hybridized carbons (Fsp3) is 0.286. The van der Waals surface area contributed by atoms with Crippen molar-refractivity contribution < 1.29 is 13.2 Å². The molecule has 0 spiro atoms. The highest BCUT2D eigenvalue weighted by atomic mass is 32.2. The van der Waals surface area contributed by atoms with Gasteiger partial charge in [0.1, 0.15) is 5.82 Å². The zero-order valence-corrected chi connectivity index (χ0v) is 12.0. The van der Waals surface area contributed by atoms with Crippen LogP contribution >= 0.6 is 11.8 Å². The molecule has 0 unspecified atom stereocenters. The molecular formula is C14H12F3N3S. The number of anilines is 1. The molecule has 3 nitrogen and oxygen atoms in total. The number of rotatable bonds is 2. The molecule has 0 aliphatic carbocycles. The highest BCUT2D eigenvalue weighted by Crippen LogP contribution is 2.38. The van der Waals surface area contributed by atoms with Crippen LogP contribution in [-0.2, 0) is 17.7 Å². The Morgan fingerprint density at radius 1 is 1.14 bits per heavy atom. The van der Waals surface area contributed by atoms with Crippen LogP contribution in [0, 0.1) is 0 Å². The van der Waals surface area contributed by atoms with Crippen molar-refractivity contribution in [3.63, 3.8) is 0 Å². The standard InChI is InChI=1S/C14H12F3N3S/c1-18-12-9-6-21-7-11(9)19-13(20-12)8-4-2-3-5-10(8)14(15,16)17/h2-5H,6-7H2,1H3,(H,18,19,20). The summed E-state index contributed by atoms with van der Waals surface area (Å²) in [4.78, 5) is 8.61. The van der Waals surface area contributed by atoms with E-state index in [0.29, 0.717) is 11.6 Å². The van der Waals surface area contributed by atoms with E-state index in [-0.39, 0.29) is 11.4 Å². The summed E-state index contributed by atoms with van der Waals surface area (Å²) in [6.07, 6.45) is -4.42. The van der Waals surface area contributed by atoms with Crippen LogP contribution in [0.3, 0.4) is 0 Å². The Kier molecular flexibility index (Phi) is 3.52. The summed E-state index contributed by atoms with van der Waals surface area (Å²) in [5, 5.41) is 2.95. The first-order chi connectivity index (χ1) is 10.0. The van der Waals surface area contributed by atoms with Crippen LogP contribution in [0.4, 0.5) is 19.0 Å². The number of fused-ring (bicyclic) bond motifs is 1. The molecular weight excluding hydrogens is 299 g/mol. The maximum Gasteiger partial charge on any atom is 0.417 e. The van der Waals surface area contributed by atoms with Gasteiger partial charge in [-0.3, -0.25) is 0 Å². The first-order valence-corrected chi connectivity index (χ1v) is 7.48. The summed E-state index contributed by atoms with van der Waals surface area (Å²) in [6, 6.07) is 5.40. The number of hydrogen-bond acceptors (Lipinski definition) is 4. The minimum atomic E-state index is -4.42. The third kappa shape index (κ3) is 2.57. The van der Waals surface area contributed by atoms with Crippen molar-refractivity contribution in [1.82, 2.24) is 9.97 Å². The molecule has 0 radical (unpaired) electrons. The zero-order chi connectivity index (χ0) is 15.0. The molecule has 0 saturated carbocycles. The maximum absolute atomic E-state index is 13.1. The van der Waals surface area contributed by atoms with Crippen LogP contribution in [0.2, 0.25) is 0 Å². The van der Waals surface area contributed by atoms with Gasteiger partial charge in [0.2, 0.25) is 0 Å². The number of nitrogens with zero attached hydrogens (tertiary/aromatic N) is 2. The summed E-state index contributed by atoms with van der Waals surface area (Å²) in [6.45, 7) is 0. The van der Waals surface area contributed by atoms with Crippen LogP contribution in [0.5, 0.6) is 0 Å². The van der Waals surface area contributed by atoms with Gasteiger partial charge in [0.05, 0.1) is 11.3 Å². The second kappa shape index (κ2) is 5.22. The van der Waals surface area contributed by atoms with Crippen molar-refractivity contribution in [3.05, 3.63) is 41.1 Å². The predicted molar refractivity (Wildman–Crippen MR) is 77.0 cm³/mol. The van der Waals surface area contributed by atoms with E-state index in [1.807, 2.05) is 0 Å². The molecule has 21 heavy (non-hydrogen) atoms. The van der Waals surface area contributed by atoms with Gasteiger partial charge in [0.25, 0.3) is 0 Å². The van der Waals surface area contributed by atoms with E-state index in [9.17, 15) is 13.2 Å². The molecule has 0 fully saturated rings. The smallest absolute Gasteiger partial charge is 0.373 e. The molecule has 3 rings (SSSR count). The third-order valence-corrected chi connectivity index (χ3v) is 4.26. The molecule has 1 aromatic carbocycles. The SMILES string of the molecule is CNc1nc(-c2ccccc2C(F)(F)F)nc2c1CSC2. The van der Waals surface area contributed by atoms with Gasteiger partial charge >= 0.3 is 6.18 Å². The number of alkyl halides is 3. The third-order valence-electron chi connectivity index (χ3n) is 3.29. The van der Waals surface area contributed by atoms with Gasteiger partial charge in [-0.2, -0.15) is 24.9 Å². The largest absolute Gasteiger partial charge is 0.417 e. The molecule has 0 atom stereocenters. The topological polar surface area (TPSA) is 37.8 Å². The second-order valence-corrected chi connectivity index (χ2v) is 5.59. The Bertz CT molecular complexity index is 686. The molecule has 0 amide bonds. The van der Waals surface area contributed by atoms with Crippen LogP contribution in [-0.4, -0.2) is 17.0 Å². The average Bonchev–Trinajstić information content (AvgIpc) is 2.93. The second-order valence-electron chi connectivity index (χ2n) is 4.61. The van der Waals surface area contributed by atoms with Crippen molar-refractivity contribution >= 4 is 17.6 Å². The molecule has 1 aliphatic heterocycles. The Balaban J connectivity index is 2.18. The summed E-state index contributed by atoms with van der Waals surface area (Å²) in [5.41, 5.74) is 1.10. The Morgan fingerprint density at radius 2 is 1.90 bits per heavy atom. The lowest BCUT2D eigenvalue weighted by atomic mass is 10.1. The maximum atomic E-state index is 13.1. The van der Waals surface area contributed by atoms with Gasteiger partial charge < -0.3 is 5.32 Å². The van der Waals surface area contributed by atoms with Gasteiger partial charge in [-0.25, -0.2) is 9.97 Å². The van der Waals surface area contributed by atoms with Crippen LogP contribution in [0.15, 0.2) is 24.3 Å². The molecule has 2 aromatic rings. The summed E-state index contributed by atoms with van der Waals surface area (Å²) < 4.78 is 39.3. The first-order valence-electron chi connectivity index (χ1n) is 6.32. The molecule has 0 bridgehead atoms. The van der Waals surface area contributed by atoms with E-state index in [0.717, 1.165) is 23.1 Å². The van der Waals surface area contributed by atoms with Crippen molar-refractivity contribution in [2.24, 2.45) is 0 Å². The van der Waals surface area contributed by atoms with Crippen molar-refractivity contribution in [3.8, 4) is 11.4 Å². The summed E-state index contributed by atoms with van der Waals surface area (Å²) in [5.74, 6) is 2.21. The molecule has 1 N–H and O–H groups in total. The highest BCUT2D eigenvalue weighted by Gasteiger charge is 2.34. The molecule has 0 saturated heterocycles. The number of hydrogen-bond donors (Lipinski definition) is 1. The fourth-order valence-electron chi connectivity index (χ4n) is 2.30. The average molecular weight is 311 g/mol. The van der Waals surface area contributed by atoms with E-state index in [2.05, 4.69) is 15.3 Å². The van der Waals surface area contributed by atoms with Gasteiger partial charge in [0.15, 0.2) is 5.82 Å². The minimum absolute atomic E-state index is 0.0150. The van der Waals surface area contributed by atoms with E-state index >= 15 is 0 Å². The number of thioether (sulfide) groups is 1. The highest BCUT2D eigenvalue weighted by molar-refractivity contribution is 7.98.